The fourth-order valence-corrected chi connectivity index (χ4v) is 3.71. The van der Waals surface area contributed by atoms with Gasteiger partial charge in [-0.3, -0.25) is 4.79 Å². The molecule has 0 unspecified atom stereocenters. The van der Waals surface area contributed by atoms with Crippen LogP contribution in [0.2, 0.25) is 0 Å². The summed E-state index contributed by atoms with van der Waals surface area (Å²) in [5, 5.41) is 0. The number of rotatable bonds is 3. The van der Waals surface area contributed by atoms with Crippen LogP contribution in [-0.4, -0.2) is 43.0 Å². The molecule has 22 heavy (non-hydrogen) atoms. The number of amides is 1. The number of carbonyl (C=O) groups is 1. The topological polar surface area (TPSA) is 49.6 Å². The zero-order valence-corrected chi connectivity index (χ0v) is 13.5. The molecule has 1 aromatic carbocycles. The van der Waals surface area contributed by atoms with Crippen molar-refractivity contribution < 1.29 is 4.79 Å². The summed E-state index contributed by atoms with van der Waals surface area (Å²) < 4.78 is 0. The third kappa shape index (κ3) is 3.43. The SMILES string of the molecule is Cc1cccc(N2CCN(C(=O)C[C@@H]3CCC[C@H]3N)CC2)c1. The largest absolute Gasteiger partial charge is 0.368 e. The van der Waals surface area contributed by atoms with E-state index in [0.29, 0.717) is 18.2 Å². The van der Waals surface area contributed by atoms with Gasteiger partial charge in [-0.25, -0.2) is 0 Å². The maximum Gasteiger partial charge on any atom is 0.223 e. The van der Waals surface area contributed by atoms with E-state index in [9.17, 15) is 4.79 Å². The fraction of sp³-hybridized carbons (Fsp3) is 0.611. The van der Waals surface area contributed by atoms with Gasteiger partial charge in [0.15, 0.2) is 0 Å². The summed E-state index contributed by atoms with van der Waals surface area (Å²) in [6, 6.07) is 8.83. The third-order valence-corrected chi connectivity index (χ3v) is 5.15. The molecule has 2 atom stereocenters. The molecule has 0 aromatic heterocycles. The number of carbonyl (C=O) groups excluding carboxylic acids is 1. The van der Waals surface area contributed by atoms with Crippen LogP contribution >= 0.6 is 0 Å². The Hall–Kier alpha value is -1.55. The maximum absolute atomic E-state index is 12.4. The van der Waals surface area contributed by atoms with E-state index in [0.717, 1.165) is 39.0 Å². The molecular weight excluding hydrogens is 274 g/mol. The molecule has 4 heteroatoms. The number of anilines is 1. The number of hydrogen-bond donors (Lipinski definition) is 1. The van der Waals surface area contributed by atoms with Crippen molar-refractivity contribution in [1.29, 1.82) is 0 Å². The summed E-state index contributed by atoms with van der Waals surface area (Å²) in [5.74, 6) is 0.702. The first-order valence-electron chi connectivity index (χ1n) is 8.48. The highest BCUT2D eigenvalue weighted by atomic mass is 16.2. The van der Waals surface area contributed by atoms with E-state index in [1.165, 1.54) is 17.7 Å². The molecule has 2 fully saturated rings. The fourth-order valence-electron chi connectivity index (χ4n) is 3.71. The molecule has 3 rings (SSSR count). The lowest BCUT2D eigenvalue weighted by Crippen LogP contribution is -2.49. The second-order valence-electron chi connectivity index (χ2n) is 6.77. The van der Waals surface area contributed by atoms with Gasteiger partial charge in [0.05, 0.1) is 0 Å². The Balaban J connectivity index is 1.52. The van der Waals surface area contributed by atoms with Crippen molar-refractivity contribution in [3.05, 3.63) is 29.8 Å². The van der Waals surface area contributed by atoms with Crippen LogP contribution < -0.4 is 10.6 Å². The number of benzene rings is 1. The molecule has 1 heterocycles. The second-order valence-corrected chi connectivity index (χ2v) is 6.77. The monoisotopic (exact) mass is 301 g/mol. The Morgan fingerprint density at radius 1 is 1.23 bits per heavy atom. The zero-order valence-electron chi connectivity index (χ0n) is 13.5. The zero-order chi connectivity index (χ0) is 15.5. The highest BCUT2D eigenvalue weighted by Crippen LogP contribution is 2.27. The van der Waals surface area contributed by atoms with Crippen LogP contribution in [-0.2, 0) is 4.79 Å². The van der Waals surface area contributed by atoms with Crippen LogP contribution in [0.25, 0.3) is 0 Å². The maximum atomic E-state index is 12.4. The van der Waals surface area contributed by atoms with Gasteiger partial charge < -0.3 is 15.5 Å². The first kappa shape index (κ1) is 15.3. The summed E-state index contributed by atoms with van der Waals surface area (Å²) in [6.45, 7) is 5.62. The van der Waals surface area contributed by atoms with Gasteiger partial charge in [0.2, 0.25) is 5.91 Å². The number of aryl methyl sites for hydroxylation is 1. The molecule has 120 valence electrons. The van der Waals surface area contributed by atoms with Crippen molar-refractivity contribution in [2.75, 3.05) is 31.1 Å². The third-order valence-electron chi connectivity index (χ3n) is 5.15. The Morgan fingerprint density at radius 3 is 2.64 bits per heavy atom. The predicted octanol–water partition coefficient (Wildman–Crippen LogP) is 2.16. The number of nitrogens with two attached hydrogens (primary N) is 1. The van der Waals surface area contributed by atoms with Crippen molar-refractivity contribution in [1.82, 2.24) is 4.90 Å². The molecule has 1 saturated carbocycles. The van der Waals surface area contributed by atoms with Gasteiger partial charge in [0.1, 0.15) is 0 Å². The number of piperazine rings is 1. The van der Waals surface area contributed by atoms with Crippen molar-refractivity contribution in [2.45, 2.75) is 38.6 Å². The predicted molar refractivity (Wildman–Crippen MR) is 89.9 cm³/mol. The van der Waals surface area contributed by atoms with Gasteiger partial charge >= 0.3 is 0 Å². The molecule has 1 aliphatic heterocycles. The molecule has 2 N–H and O–H groups in total. The van der Waals surface area contributed by atoms with E-state index in [2.05, 4.69) is 36.1 Å². The minimum absolute atomic E-state index is 0.234. The van der Waals surface area contributed by atoms with Crippen molar-refractivity contribution in [2.24, 2.45) is 11.7 Å². The number of nitrogens with zero attached hydrogens (tertiary/aromatic N) is 2. The average molecular weight is 301 g/mol. The first-order valence-corrected chi connectivity index (χ1v) is 8.48. The van der Waals surface area contributed by atoms with E-state index in [1.54, 1.807) is 0 Å². The second kappa shape index (κ2) is 6.69. The van der Waals surface area contributed by atoms with Gasteiger partial charge in [-0.15, -0.1) is 0 Å². The van der Waals surface area contributed by atoms with E-state index < -0.39 is 0 Å². The van der Waals surface area contributed by atoms with Crippen LogP contribution in [0, 0.1) is 12.8 Å². The Kier molecular flexibility index (Phi) is 4.67. The quantitative estimate of drug-likeness (QED) is 0.931. The van der Waals surface area contributed by atoms with Crippen molar-refractivity contribution in [3.63, 3.8) is 0 Å². The smallest absolute Gasteiger partial charge is 0.223 e. The first-order chi connectivity index (χ1) is 10.6. The molecular formula is C18H27N3O. The molecule has 0 spiro atoms. The minimum atomic E-state index is 0.234. The molecule has 4 nitrogen and oxygen atoms in total. The standard InChI is InChI=1S/C18H27N3O/c1-14-4-2-6-16(12-14)20-8-10-21(11-9-20)18(22)13-15-5-3-7-17(15)19/h2,4,6,12,15,17H,3,5,7-11,13,19H2,1H3/t15-,17+/m0/s1. The van der Waals surface area contributed by atoms with Crippen LogP contribution in [0.4, 0.5) is 5.69 Å². The van der Waals surface area contributed by atoms with Gasteiger partial charge in [0, 0.05) is 44.3 Å². The Bertz CT molecular complexity index is 523. The summed E-state index contributed by atoms with van der Waals surface area (Å²) in [5.41, 5.74) is 8.64. The molecule has 1 aromatic rings. The lowest BCUT2D eigenvalue weighted by Gasteiger charge is -2.36. The van der Waals surface area contributed by atoms with Gasteiger partial charge in [-0.2, -0.15) is 0 Å². The van der Waals surface area contributed by atoms with Crippen molar-refractivity contribution in [3.8, 4) is 0 Å². The van der Waals surface area contributed by atoms with Crippen LogP contribution in [0.5, 0.6) is 0 Å². The molecule has 1 saturated heterocycles. The summed E-state index contributed by atoms with van der Waals surface area (Å²) in [6.07, 6.45) is 4.03. The highest BCUT2D eigenvalue weighted by molar-refractivity contribution is 5.77. The van der Waals surface area contributed by atoms with Gasteiger partial charge in [-0.05, 0) is 43.4 Å². The van der Waals surface area contributed by atoms with E-state index >= 15 is 0 Å². The molecule has 1 amide bonds. The average Bonchev–Trinajstić information content (AvgIpc) is 2.92. The minimum Gasteiger partial charge on any atom is -0.368 e. The van der Waals surface area contributed by atoms with Crippen molar-refractivity contribution >= 4 is 11.6 Å². The number of hydrogen-bond acceptors (Lipinski definition) is 3. The Morgan fingerprint density at radius 2 is 2.00 bits per heavy atom. The molecule has 0 bridgehead atoms. The lowest BCUT2D eigenvalue weighted by molar-refractivity contribution is -0.132. The highest BCUT2D eigenvalue weighted by Gasteiger charge is 2.29. The summed E-state index contributed by atoms with van der Waals surface area (Å²) in [7, 11) is 0. The Labute approximate surface area is 133 Å². The van der Waals surface area contributed by atoms with Crippen LogP contribution in [0.15, 0.2) is 24.3 Å². The van der Waals surface area contributed by atoms with E-state index in [1.807, 2.05) is 4.90 Å². The van der Waals surface area contributed by atoms with Crippen LogP contribution in [0.3, 0.4) is 0 Å². The van der Waals surface area contributed by atoms with E-state index in [-0.39, 0.29) is 6.04 Å². The molecule has 1 aliphatic carbocycles. The van der Waals surface area contributed by atoms with E-state index in [4.69, 9.17) is 5.73 Å². The summed E-state index contributed by atoms with van der Waals surface area (Å²) in [4.78, 5) is 16.8. The normalized spacial score (nSPS) is 25.5. The lowest BCUT2D eigenvalue weighted by atomic mass is 9.99. The van der Waals surface area contributed by atoms with Gasteiger partial charge in [-0.1, -0.05) is 18.6 Å². The summed E-state index contributed by atoms with van der Waals surface area (Å²) >= 11 is 0. The molecule has 0 radical (unpaired) electrons. The van der Waals surface area contributed by atoms with Gasteiger partial charge in [0.25, 0.3) is 0 Å². The van der Waals surface area contributed by atoms with Crippen LogP contribution in [0.1, 0.15) is 31.2 Å². The molecule has 2 aliphatic rings.